The van der Waals surface area contributed by atoms with Crippen molar-refractivity contribution < 1.29 is 0 Å². The molecule has 1 N–H and O–H groups in total. The standard InChI is InChI=1S/C13H21NS/c1-10(8-12-4-3-5-12)14-11(2)13-6-7-15-9-13/h6-7,9-12,14H,3-5,8H2,1-2H3. The third-order valence-corrected chi connectivity index (χ3v) is 4.19. The second-order valence-electron chi connectivity index (χ2n) is 4.88. The average Bonchev–Trinajstić information content (AvgIpc) is 2.64. The van der Waals surface area contributed by atoms with Gasteiger partial charge in [0.1, 0.15) is 0 Å². The molecule has 0 saturated heterocycles. The largest absolute Gasteiger partial charge is 0.308 e. The fourth-order valence-corrected chi connectivity index (χ4v) is 3.10. The maximum absolute atomic E-state index is 3.69. The van der Waals surface area contributed by atoms with Gasteiger partial charge in [0.05, 0.1) is 0 Å². The highest BCUT2D eigenvalue weighted by atomic mass is 32.1. The van der Waals surface area contributed by atoms with Crippen molar-refractivity contribution in [3.8, 4) is 0 Å². The van der Waals surface area contributed by atoms with Crippen LogP contribution >= 0.6 is 11.3 Å². The zero-order valence-electron chi connectivity index (χ0n) is 9.70. The summed E-state index contributed by atoms with van der Waals surface area (Å²) in [4.78, 5) is 0. The highest BCUT2D eigenvalue weighted by Gasteiger charge is 2.20. The van der Waals surface area contributed by atoms with Crippen molar-refractivity contribution in [2.75, 3.05) is 0 Å². The van der Waals surface area contributed by atoms with E-state index in [1.54, 1.807) is 11.3 Å². The van der Waals surface area contributed by atoms with Crippen molar-refractivity contribution in [3.05, 3.63) is 22.4 Å². The van der Waals surface area contributed by atoms with Crippen LogP contribution < -0.4 is 5.32 Å². The Hall–Kier alpha value is -0.340. The van der Waals surface area contributed by atoms with Crippen LogP contribution in [0.4, 0.5) is 0 Å². The second kappa shape index (κ2) is 5.13. The Morgan fingerprint density at radius 2 is 2.27 bits per heavy atom. The molecule has 1 aromatic rings. The summed E-state index contributed by atoms with van der Waals surface area (Å²) in [6, 6.07) is 3.38. The summed E-state index contributed by atoms with van der Waals surface area (Å²) < 4.78 is 0. The SMILES string of the molecule is CC(CC1CCC1)NC(C)c1ccsc1. The van der Waals surface area contributed by atoms with Crippen molar-refractivity contribution >= 4 is 11.3 Å². The van der Waals surface area contributed by atoms with E-state index in [1.807, 2.05) is 0 Å². The summed E-state index contributed by atoms with van der Waals surface area (Å²) in [5, 5.41) is 8.09. The predicted octanol–water partition coefficient (Wildman–Crippen LogP) is 3.98. The number of hydrogen-bond acceptors (Lipinski definition) is 2. The maximum Gasteiger partial charge on any atom is 0.0302 e. The third kappa shape index (κ3) is 3.05. The van der Waals surface area contributed by atoms with Crippen molar-refractivity contribution in [1.29, 1.82) is 0 Å². The first kappa shape index (κ1) is 11.2. The van der Waals surface area contributed by atoms with E-state index in [4.69, 9.17) is 0 Å². The summed E-state index contributed by atoms with van der Waals surface area (Å²) in [5.41, 5.74) is 1.43. The molecule has 0 aromatic carbocycles. The molecule has 1 saturated carbocycles. The fraction of sp³-hybridized carbons (Fsp3) is 0.692. The van der Waals surface area contributed by atoms with Crippen LogP contribution in [0.3, 0.4) is 0 Å². The van der Waals surface area contributed by atoms with Crippen molar-refractivity contribution in [1.82, 2.24) is 5.32 Å². The Bertz CT molecular complexity index is 277. The molecule has 0 aliphatic heterocycles. The van der Waals surface area contributed by atoms with Crippen molar-refractivity contribution in [2.24, 2.45) is 5.92 Å². The van der Waals surface area contributed by atoms with Gasteiger partial charge in [-0.2, -0.15) is 11.3 Å². The highest BCUT2D eigenvalue weighted by molar-refractivity contribution is 7.07. The Morgan fingerprint density at radius 1 is 1.47 bits per heavy atom. The molecule has 1 aliphatic rings. The quantitative estimate of drug-likeness (QED) is 0.796. The number of rotatable bonds is 5. The van der Waals surface area contributed by atoms with Crippen LogP contribution in [0, 0.1) is 5.92 Å². The first-order valence-electron chi connectivity index (χ1n) is 6.04. The van der Waals surface area contributed by atoms with Crippen LogP contribution in [0.15, 0.2) is 16.8 Å². The molecule has 1 nitrogen and oxygen atoms in total. The van der Waals surface area contributed by atoms with Gasteiger partial charge in [-0.1, -0.05) is 19.3 Å². The minimum absolute atomic E-state index is 0.506. The summed E-state index contributed by atoms with van der Waals surface area (Å²) in [6.45, 7) is 4.58. The molecular weight excluding hydrogens is 202 g/mol. The monoisotopic (exact) mass is 223 g/mol. The molecule has 2 unspecified atom stereocenters. The van der Waals surface area contributed by atoms with Crippen LogP contribution in [0.1, 0.15) is 51.1 Å². The molecule has 2 heteroatoms. The molecule has 1 aromatic heterocycles. The van der Waals surface area contributed by atoms with Crippen LogP contribution in [-0.4, -0.2) is 6.04 Å². The minimum Gasteiger partial charge on any atom is -0.308 e. The van der Waals surface area contributed by atoms with E-state index in [9.17, 15) is 0 Å². The van der Waals surface area contributed by atoms with Gasteiger partial charge in [0.2, 0.25) is 0 Å². The van der Waals surface area contributed by atoms with Gasteiger partial charge in [-0.25, -0.2) is 0 Å². The minimum atomic E-state index is 0.506. The van der Waals surface area contributed by atoms with Crippen molar-refractivity contribution in [3.63, 3.8) is 0 Å². The van der Waals surface area contributed by atoms with Gasteiger partial charge in [0.15, 0.2) is 0 Å². The van der Waals surface area contributed by atoms with Crippen LogP contribution in [0.5, 0.6) is 0 Å². The second-order valence-corrected chi connectivity index (χ2v) is 5.66. The number of hydrogen-bond donors (Lipinski definition) is 1. The van der Waals surface area contributed by atoms with E-state index >= 15 is 0 Å². The molecule has 0 amide bonds. The molecular formula is C13H21NS. The molecule has 2 atom stereocenters. The first-order chi connectivity index (χ1) is 7.25. The van der Waals surface area contributed by atoms with Crippen molar-refractivity contribution in [2.45, 2.75) is 51.6 Å². The Labute approximate surface area is 96.9 Å². The lowest BCUT2D eigenvalue weighted by molar-refractivity contribution is 0.259. The first-order valence-corrected chi connectivity index (χ1v) is 6.98. The molecule has 1 fully saturated rings. The fourth-order valence-electron chi connectivity index (χ4n) is 2.34. The summed E-state index contributed by atoms with van der Waals surface area (Å²) in [5.74, 6) is 1.00. The molecule has 0 bridgehead atoms. The van der Waals surface area contributed by atoms with E-state index in [-0.39, 0.29) is 0 Å². The molecule has 2 rings (SSSR count). The molecule has 1 heterocycles. The van der Waals surface area contributed by atoms with E-state index in [0.717, 1.165) is 5.92 Å². The smallest absolute Gasteiger partial charge is 0.0302 e. The third-order valence-electron chi connectivity index (χ3n) is 3.49. The lowest BCUT2D eigenvalue weighted by atomic mass is 9.81. The lowest BCUT2D eigenvalue weighted by Gasteiger charge is -2.29. The molecule has 0 spiro atoms. The van der Waals surface area contributed by atoms with E-state index in [2.05, 4.69) is 36.0 Å². The highest BCUT2D eigenvalue weighted by Crippen LogP contribution is 2.30. The summed E-state index contributed by atoms with van der Waals surface area (Å²) >= 11 is 1.78. The molecule has 0 radical (unpaired) electrons. The zero-order chi connectivity index (χ0) is 10.7. The Kier molecular flexibility index (Phi) is 3.81. The van der Waals surface area contributed by atoms with E-state index in [1.165, 1.54) is 31.2 Å². The number of thiophene rings is 1. The summed E-state index contributed by atoms with van der Waals surface area (Å²) in [7, 11) is 0. The van der Waals surface area contributed by atoms with Gasteiger partial charge in [-0.15, -0.1) is 0 Å². The van der Waals surface area contributed by atoms with Crippen LogP contribution in [0.25, 0.3) is 0 Å². The van der Waals surface area contributed by atoms with Crippen LogP contribution in [0.2, 0.25) is 0 Å². The lowest BCUT2D eigenvalue weighted by Crippen LogP contribution is -2.32. The zero-order valence-corrected chi connectivity index (χ0v) is 10.5. The van der Waals surface area contributed by atoms with Gasteiger partial charge >= 0.3 is 0 Å². The molecule has 84 valence electrons. The van der Waals surface area contributed by atoms with Crippen LogP contribution in [-0.2, 0) is 0 Å². The Balaban J connectivity index is 1.75. The number of nitrogens with one attached hydrogen (secondary N) is 1. The predicted molar refractivity (Wildman–Crippen MR) is 67.3 cm³/mol. The maximum atomic E-state index is 3.69. The Morgan fingerprint density at radius 3 is 2.80 bits per heavy atom. The van der Waals surface area contributed by atoms with Gasteiger partial charge in [-0.3, -0.25) is 0 Å². The van der Waals surface area contributed by atoms with Gasteiger partial charge in [0, 0.05) is 12.1 Å². The average molecular weight is 223 g/mol. The molecule has 1 aliphatic carbocycles. The van der Waals surface area contributed by atoms with Gasteiger partial charge in [-0.05, 0) is 48.6 Å². The molecule has 15 heavy (non-hydrogen) atoms. The normalized spacial score (nSPS) is 20.9. The van der Waals surface area contributed by atoms with Gasteiger partial charge < -0.3 is 5.32 Å². The van der Waals surface area contributed by atoms with E-state index < -0.39 is 0 Å². The topological polar surface area (TPSA) is 12.0 Å². The van der Waals surface area contributed by atoms with E-state index in [0.29, 0.717) is 12.1 Å². The van der Waals surface area contributed by atoms with Gasteiger partial charge in [0.25, 0.3) is 0 Å². The summed E-state index contributed by atoms with van der Waals surface area (Å²) in [6.07, 6.45) is 5.73.